The molecular formula is C13H27ClN2O. The first-order valence-corrected chi connectivity index (χ1v) is 6.79. The van der Waals surface area contributed by atoms with Crippen LogP contribution in [0.1, 0.15) is 58.3 Å². The fraction of sp³-hybridized carbons (Fsp3) is 0.923. The van der Waals surface area contributed by atoms with Crippen LogP contribution in [0.25, 0.3) is 0 Å². The van der Waals surface area contributed by atoms with Gasteiger partial charge in [-0.1, -0.05) is 19.8 Å². The van der Waals surface area contributed by atoms with E-state index in [0.29, 0.717) is 18.5 Å². The number of amides is 1. The van der Waals surface area contributed by atoms with Crippen LogP contribution in [0.2, 0.25) is 0 Å². The van der Waals surface area contributed by atoms with Crippen molar-refractivity contribution in [2.24, 2.45) is 5.73 Å². The highest BCUT2D eigenvalue weighted by atomic mass is 35.5. The number of carbonyl (C=O) groups excluding carboxylic acids is 1. The molecule has 4 heteroatoms. The van der Waals surface area contributed by atoms with Gasteiger partial charge < -0.3 is 10.6 Å². The van der Waals surface area contributed by atoms with Crippen molar-refractivity contribution < 1.29 is 4.79 Å². The van der Waals surface area contributed by atoms with Crippen LogP contribution in [0.15, 0.2) is 0 Å². The fourth-order valence-electron chi connectivity index (χ4n) is 2.49. The minimum Gasteiger partial charge on any atom is -0.340 e. The van der Waals surface area contributed by atoms with Crippen molar-refractivity contribution in [3.05, 3.63) is 0 Å². The standard InChI is InChI=1S/C13H26N2O.ClH/c1-2-3-4-8-13(16)15-11-6-5-7-12(15)9-10-14;/h12H,2-11,14H2,1H3;1H. The molecule has 1 unspecified atom stereocenters. The number of unbranched alkanes of at least 4 members (excludes halogenated alkanes) is 2. The Labute approximate surface area is 112 Å². The van der Waals surface area contributed by atoms with E-state index in [2.05, 4.69) is 11.8 Å². The summed E-state index contributed by atoms with van der Waals surface area (Å²) in [4.78, 5) is 14.1. The lowest BCUT2D eigenvalue weighted by molar-refractivity contribution is -0.135. The average Bonchev–Trinajstić information content (AvgIpc) is 2.30. The molecular weight excluding hydrogens is 236 g/mol. The van der Waals surface area contributed by atoms with Gasteiger partial charge in [-0.3, -0.25) is 4.79 Å². The van der Waals surface area contributed by atoms with Gasteiger partial charge >= 0.3 is 0 Å². The Hall–Kier alpha value is -0.280. The Balaban J connectivity index is 0.00000256. The molecule has 0 spiro atoms. The SMILES string of the molecule is CCCCCC(=O)N1CCCCC1CCN.Cl. The minimum absolute atomic E-state index is 0. The van der Waals surface area contributed by atoms with Gasteiger partial charge in [-0.15, -0.1) is 12.4 Å². The molecule has 0 bridgehead atoms. The van der Waals surface area contributed by atoms with Gasteiger partial charge in [-0.25, -0.2) is 0 Å². The summed E-state index contributed by atoms with van der Waals surface area (Å²) in [5, 5.41) is 0. The highest BCUT2D eigenvalue weighted by Crippen LogP contribution is 2.20. The number of halogens is 1. The van der Waals surface area contributed by atoms with E-state index in [9.17, 15) is 4.79 Å². The molecule has 0 aromatic carbocycles. The monoisotopic (exact) mass is 262 g/mol. The molecule has 17 heavy (non-hydrogen) atoms. The lowest BCUT2D eigenvalue weighted by atomic mass is 9.98. The van der Waals surface area contributed by atoms with Crippen LogP contribution in [0, 0.1) is 0 Å². The maximum Gasteiger partial charge on any atom is 0.222 e. The van der Waals surface area contributed by atoms with Crippen LogP contribution in [0.3, 0.4) is 0 Å². The summed E-state index contributed by atoms with van der Waals surface area (Å²) in [5.74, 6) is 0.353. The molecule has 1 aliphatic heterocycles. The number of nitrogens with two attached hydrogens (primary N) is 1. The summed E-state index contributed by atoms with van der Waals surface area (Å²) in [6, 6.07) is 0.424. The van der Waals surface area contributed by atoms with E-state index in [0.717, 1.165) is 32.2 Å². The van der Waals surface area contributed by atoms with Crippen molar-refractivity contribution in [2.75, 3.05) is 13.1 Å². The van der Waals surface area contributed by atoms with Crippen molar-refractivity contribution in [1.82, 2.24) is 4.90 Å². The van der Waals surface area contributed by atoms with Gasteiger partial charge in [0.2, 0.25) is 5.91 Å². The zero-order chi connectivity index (χ0) is 11.8. The zero-order valence-electron chi connectivity index (χ0n) is 11.0. The molecule has 2 N–H and O–H groups in total. The highest BCUT2D eigenvalue weighted by molar-refractivity contribution is 5.85. The fourth-order valence-corrected chi connectivity index (χ4v) is 2.49. The lowest BCUT2D eigenvalue weighted by Crippen LogP contribution is -2.44. The first kappa shape index (κ1) is 16.7. The predicted octanol–water partition coefficient (Wildman–Crippen LogP) is 2.72. The maximum atomic E-state index is 12.0. The summed E-state index contributed by atoms with van der Waals surface area (Å²) in [6.07, 6.45) is 8.66. The van der Waals surface area contributed by atoms with Crippen molar-refractivity contribution in [1.29, 1.82) is 0 Å². The average molecular weight is 263 g/mol. The van der Waals surface area contributed by atoms with Gasteiger partial charge in [0.05, 0.1) is 0 Å². The van der Waals surface area contributed by atoms with Crippen molar-refractivity contribution in [3.8, 4) is 0 Å². The molecule has 0 aliphatic carbocycles. The molecule has 0 saturated carbocycles. The maximum absolute atomic E-state index is 12.0. The van der Waals surface area contributed by atoms with E-state index in [1.165, 1.54) is 25.7 Å². The van der Waals surface area contributed by atoms with Gasteiger partial charge in [0, 0.05) is 19.0 Å². The summed E-state index contributed by atoms with van der Waals surface area (Å²) in [5.41, 5.74) is 5.61. The summed E-state index contributed by atoms with van der Waals surface area (Å²) in [6.45, 7) is 3.82. The van der Waals surface area contributed by atoms with E-state index in [-0.39, 0.29) is 12.4 Å². The van der Waals surface area contributed by atoms with Crippen LogP contribution in [-0.2, 0) is 4.79 Å². The molecule has 1 aliphatic rings. The Morgan fingerprint density at radius 3 is 2.76 bits per heavy atom. The number of rotatable bonds is 6. The smallest absolute Gasteiger partial charge is 0.222 e. The second kappa shape index (κ2) is 9.72. The number of hydrogen-bond acceptors (Lipinski definition) is 2. The number of hydrogen-bond donors (Lipinski definition) is 1. The van der Waals surface area contributed by atoms with Crippen LogP contribution in [-0.4, -0.2) is 29.9 Å². The van der Waals surface area contributed by atoms with E-state index in [1.807, 2.05) is 0 Å². The number of likely N-dealkylation sites (tertiary alicyclic amines) is 1. The van der Waals surface area contributed by atoms with Gasteiger partial charge in [-0.05, 0) is 38.6 Å². The summed E-state index contributed by atoms with van der Waals surface area (Å²) in [7, 11) is 0. The predicted molar refractivity (Wildman–Crippen MR) is 74.4 cm³/mol. The molecule has 1 heterocycles. The highest BCUT2D eigenvalue weighted by Gasteiger charge is 2.25. The van der Waals surface area contributed by atoms with Crippen LogP contribution >= 0.6 is 12.4 Å². The molecule has 1 atom stereocenters. The van der Waals surface area contributed by atoms with Crippen LogP contribution in [0.5, 0.6) is 0 Å². The Morgan fingerprint density at radius 2 is 2.12 bits per heavy atom. The van der Waals surface area contributed by atoms with Gasteiger partial charge in [0.15, 0.2) is 0 Å². The van der Waals surface area contributed by atoms with Crippen LogP contribution in [0.4, 0.5) is 0 Å². The first-order valence-electron chi connectivity index (χ1n) is 6.79. The molecule has 1 rings (SSSR count). The zero-order valence-corrected chi connectivity index (χ0v) is 11.8. The number of carbonyl (C=O) groups is 1. The summed E-state index contributed by atoms with van der Waals surface area (Å²) >= 11 is 0. The largest absolute Gasteiger partial charge is 0.340 e. The van der Waals surface area contributed by atoms with E-state index in [4.69, 9.17) is 5.73 Å². The minimum atomic E-state index is 0. The quantitative estimate of drug-likeness (QED) is 0.748. The third-order valence-corrected chi connectivity index (χ3v) is 3.44. The first-order chi connectivity index (χ1) is 7.79. The molecule has 3 nitrogen and oxygen atoms in total. The van der Waals surface area contributed by atoms with Crippen molar-refractivity contribution in [2.45, 2.75) is 64.3 Å². The number of piperidine rings is 1. The molecule has 1 fully saturated rings. The van der Waals surface area contributed by atoms with E-state index < -0.39 is 0 Å². The summed E-state index contributed by atoms with van der Waals surface area (Å²) < 4.78 is 0. The van der Waals surface area contributed by atoms with Crippen molar-refractivity contribution in [3.63, 3.8) is 0 Å². The second-order valence-electron chi connectivity index (χ2n) is 4.77. The molecule has 1 amide bonds. The molecule has 0 aromatic rings. The van der Waals surface area contributed by atoms with Crippen LogP contribution < -0.4 is 5.73 Å². The van der Waals surface area contributed by atoms with E-state index in [1.54, 1.807) is 0 Å². The third kappa shape index (κ3) is 5.73. The Kier molecular flexibility index (Phi) is 9.56. The van der Waals surface area contributed by atoms with Gasteiger partial charge in [0.1, 0.15) is 0 Å². The normalized spacial score (nSPS) is 19.9. The second-order valence-corrected chi connectivity index (χ2v) is 4.77. The van der Waals surface area contributed by atoms with Gasteiger partial charge in [-0.2, -0.15) is 0 Å². The topological polar surface area (TPSA) is 46.3 Å². The Morgan fingerprint density at radius 1 is 1.35 bits per heavy atom. The Bertz CT molecular complexity index is 210. The van der Waals surface area contributed by atoms with E-state index >= 15 is 0 Å². The molecule has 102 valence electrons. The third-order valence-electron chi connectivity index (χ3n) is 3.44. The van der Waals surface area contributed by atoms with Crippen molar-refractivity contribution >= 4 is 18.3 Å². The lowest BCUT2D eigenvalue weighted by Gasteiger charge is -2.35. The molecule has 0 radical (unpaired) electrons. The molecule has 0 aromatic heterocycles. The van der Waals surface area contributed by atoms with Gasteiger partial charge in [0.25, 0.3) is 0 Å². The number of nitrogens with zero attached hydrogens (tertiary/aromatic N) is 1. The molecule has 1 saturated heterocycles.